The molecule has 2 aromatic heterocycles. The Balaban J connectivity index is 2.23. The Morgan fingerprint density at radius 1 is 1.57 bits per heavy atom. The van der Waals surface area contributed by atoms with Gasteiger partial charge in [0.25, 0.3) is 0 Å². The van der Waals surface area contributed by atoms with Gasteiger partial charge in [-0.15, -0.1) is 11.3 Å². The maximum Gasteiger partial charge on any atom is 0.113 e. The monoisotopic (exact) mass is 223 g/mol. The van der Waals surface area contributed by atoms with Crippen molar-refractivity contribution in [2.45, 2.75) is 13.3 Å². The average molecular weight is 223 g/mol. The highest BCUT2D eigenvalue weighted by molar-refractivity contribution is 7.71. The van der Waals surface area contributed by atoms with Crippen LogP contribution < -0.4 is 0 Å². The van der Waals surface area contributed by atoms with Gasteiger partial charge in [0, 0.05) is 17.3 Å². The van der Waals surface area contributed by atoms with Crippen molar-refractivity contribution in [3.8, 4) is 0 Å². The first kappa shape index (κ1) is 9.48. The van der Waals surface area contributed by atoms with Crippen molar-refractivity contribution < 1.29 is 0 Å². The first-order valence-corrected chi connectivity index (χ1v) is 5.48. The molecule has 3 nitrogen and oxygen atoms in total. The number of hydrogen-bond acceptors (Lipinski definition) is 4. The number of nitrogens with one attached hydrogen (secondary N) is 1. The first-order valence-electron chi connectivity index (χ1n) is 4.19. The first-order chi connectivity index (χ1) is 6.74. The van der Waals surface area contributed by atoms with Gasteiger partial charge in [0.2, 0.25) is 0 Å². The number of hydrogen-bond donors (Lipinski definition) is 1. The molecule has 0 atom stereocenters. The second-order valence-corrected chi connectivity index (χ2v) is 4.32. The Bertz CT molecular complexity index is 487. The molecule has 0 amide bonds. The fourth-order valence-electron chi connectivity index (χ4n) is 1.13. The summed E-state index contributed by atoms with van der Waals surface area (Å²) in [6, 6.07) is 1.77. The lowest BCUT2D eigenvalue weighted by Crippen LogP contribution is -1.95. The molecule has 0 aliphatic heterocycles. The van der Waals surface area contributed by atoms with E-state index in [0.717, 1.165) is 22.9 Å². The molecule has 1 N–H and O–H groups in total. The summed E-state index contributed by atoms with van der Waals surface area (Å²) in [4.78, 5) is 11.6. The Morgan fingerprint density at radius 2 is 2.43 bits per heavy atom. The quantitative estimate of drug-likeness (QED) is 0.795. The van der Waals surface area contributed by atoms with Crippen LogP contribution in [0.5, 0.6) is 0 Å². The topological polar surface area (TPSA) is 41.6 Å². The van der Waals surface area contributed by atoms with Crippen LogP contribution in [0.15, 0.2) is 17.6 Å². The maximum absolute atomic E-state index is 5.01. The van der Waals surface area contributed by atoms with E-state index >= 15 is 0 Å². The van der Waals surface area contributed by atoms with Crippen LogP contribution in [0, 0.1) is 11.6 Å². The Hall–Kier alpha value is -1.07. The van der Waals surface area contributed by atoms with E-state index in [1.165, 1.54) is 0 Å². The van der Waals surface area contributed by atoms with Crippen LogP contribution in [0.1, 0.15) is 16.5 Å². The maximum atomic E-state index is 5.01. The summed E-state index contributed by atoms with van der Waals surface area (Å²) >= 11 is 6.65. The van der Waals surface area contributed by atoms with Crippen molar-refractivity contribution in [3.05, 3.63) is 38.8 Å². The molecule has 0 aromatic carbocycles. The highest BCUT2D eigenvalue weighted by Gasteiger charge is 2.01. The molecule has 72 valence electrons. The van der Waals surface area contributed by atoms with Crippen LogP contribution in [0.4, 0.5) is 0 Å². The number of H-pyrrole nitrogens is 1. The Morgan fingerprint density at radius 3 is 3.07 bits per heavy atom. The fourth-order valence-corrected chi connectivity index (χ4v) is 2.08. The lowest BCUT2D eigenvalue weighted by molar-refractivity contribution is 0.945. The predicted octanol–water partition coefficient (Wildman–Crippen LogP) is 2.49. The lowest BCUT2D eigenvalue weighted by atomic mass is 10.4. The summed E-state index contributed by atoms with van der Waals surface area (Å²) in [5.41, 5.74) is 1.06. The highest BCUT2D eigenvalue weighted by atomic mass is 32.1. The molecule has 2 rings (SSSR count). The number of aryl methyl sites for hydroxylation is 1. The normalized spacial score (nSPS) is 10.4. The van der Waals surface area contributed by atoms with Crippen LogP contribution >= 0.6 is 23.6 Å². The average Bonchev–Trinajstić information content (AvgIpc) is 2.51. The molecule has 0 aliphatic carbocycles. The van der Waals surface area contributed by atoms with Gasteiger partial charge in [0.05, 0.1) is 6.42 Å². The van der Waals surface area contributed by atoms with Gasteiger partial charge in [0.1, 0.15) is 15.5 Å². The van der Waals surface area contributed by atoms with Crippen molar-refractivity contribution in [2.75, 3.05) is 0 Å². The van der Waals surface area contributed by atoms with Gasteiger partial charge in [-0.1, -0.05) is 12.2 Å². The molecule has 2 aromatic rings. The molecule has 0 unspecified atom stereocenters. The van der Waals surface area contributed by atoms with Crippen LogP contribution in [-0.4, -0.2) is 15.0 Å². The third-order valence-electron chi connectivity index (χ3n) is 1.71. The summed E-state index contributed by atoms with van der Waals surface area (Å²) in [5.74, 6) is 0.867. The summed E-state index contributed by atoms with van der Waals surface area (Å²) in [7, 11) is 0. The number of thiazole rings is 1. The van der Waals surface area contributed by atoms with Crippen molar-refractivity contribution in [1.29, 1.82) is 0 Å². The lowest BCUT2D eigenvalue weighted by Gasteiger charge is -1.96. The minimum absolute atomic E-state index is 0.711. The van der Waals surface area contributed by atoms with Gasteiger partial charge >= 0.3 is 0 Å². The zero-order valence-electron chi connectivity index (χ0n) is 7.65. The van der Waals surface area contributed by atoms with Gasteiger partial charge < -0.3 is 4.98 Å². The van der Waals surface area contributed by atoms with E-state index in [0.29, 0.717) is 4.64 Å². The van der Waals surface area contributed by atoms with Gasteiger partial charge in [-0.05, 0) is 13.0 Å². The molecule has 0 spiro atoms. The van der Waals surface area contributed by atoms with E-state index in [1.54, 1.807) is 23.6 Å². The standard InChI is InChI=1S/C9H9N3S2/c1-6-5-14-9(11-6)4-7-10-3-2-8(13)12-7/h2-3,5H,4H2,1H3,(H,10,12,13). The zero-order chi connectivity index (χ0) is 9.97. The van der Waals surface area contributed by atoms with Crippen molar-refractivity contribution in [1.82, 2.24) is 15.0 Å². The van der Waals surface area contributed by atoms with Gasteiger partial charge in [0.15, 0.2) is 0 Å². The van der Waals surface area contributed by atoms with E-state index in [4.69, 9.17) is 12.2 Å². The summed E-state index contributed by atoms with van der Waals surface area (Å²) in [5, 5.41) is 3.10. The van der Waals surface area contributed by atoms with Crippen LogP contribution in [0.2, 0.25) is 0 Å². The molecule has 0 saturated carbocycles. The molecule has 0 aliphatic rings. The summed E-state index contributed by atoms with van der Waals surface area (Å²) in [6.45, 7) is 1.99. The number of aromatic amines is 1. The SMILES string of the molecule is Cc1csc(Cc2nccc(=S)[nH]2)n1. The highest BCUT2D eigenvalue weighted by Crippen LogP contribution is 2.11. The van der Waals surface area contributed by atoms with E-state index < -0.39 is 0 Å². The molecule has 2 heterocycles. The van der Waals surface area contributed by atoms with Gasteiger partial charge in [-0.25, -0.2) is 9.97 Å². The number of rotatable bonds is 2. The van der Waals surface area contributed by atoms with Crippen LogP contribution in [0.25, 0.3) is 0 Å². The smallest absolute Gasteiger partial charge is 0.113 e. The molecule has 0 radical (unpaired) electrons. The fraction of sp³-hybridized carbons (Fsp3) is 0.222. The molecule has 0 bridgehead atoms. The van der Waals surface area contributed by atoms with Gasteiger partial charge in [-0.2, -0.15) is 0 Å². The van der Waals surface area contributed by atoms with E-state index in [-0.39, 0.29) is 0 Å². The second kappa shape index (κ2) is 3.98. The van der Waals surface area contributed by atoms with Crippen molar-refractivity contribution in [3.63, 3.8) is 0 Å². The van der Waals surface area contributed by atoms with Crippen LogP contribution in [-0.2, 0) is 6.42 Å². The molecule has 0 fully saturated rings. The largest absolute Gasteiger partial charge is 0.334 e. The van der Waals surface area contributed by atoms with Gasteiger partial charge in [-0.3, -0.25) is 0 Å². The minimum atomic E-state index is 0.711. The van der Waals surface area contributed by atoms with Crippen LogP contribution in [0.3, 0.4) is 0 Å². The minimum Gasteiger partial charge on any atom is -0.334 e. The second-order valence-electron chi connectivity index (χ2n) is 2.94. The Labute approximate surface area is 90.9 Å². The van der Waals surface area contributed by atoms with E-state index in [2.05, 4.69) is 15.0 Å². The molecule has 14 heavy (non-hydrogen) atoms. The Kier molecular flexibility index (Phi) is 2.69. The molecule has 5 heteroatoms. The van der Waals surface area contributed by atoms with Crippen molar-refractivity contribution in [2.24, 2.45) is 0 Å². The molecular formula is C9H9N3S2. The summed E-state index contributed by atoms with van der Waals surface area (Å²) in [6.07, 6.45) is 2.44. The third kappa shape index (κ3) is 2.24. The summed E-state index contributed by atoms with van der Waals surface area (Å²) < 4.78 is 0.711. The third-order valence-corrected chi connectivity index (χ3v) is 2.91. The number of nitrogens with zero attached hydrogens (tertiary/aromatic N) is 2. The van der Waals surface area contributed by atoms with E-state index in [1.807, 2.05) is 12.3 Å². The van der Waals surface area contributed by atoms with Crippen molar-refractivity contribution >= 4 is 23.6 Å². The molecular weight excluding hydrogens is 214 g/mol. The van der Waals surface area contributed by atoms with E-state index in [9.17, 15) is 0 Å². The number of aromatic nitrogens is 3. The predicted molar refractivity (Wildman–Crippen MR) is 59.1 cm³/mol. The molecule has 0 saturated heterocycles. The zero-order valence-corrected chi connectivity index (χ0v) is 9.28.